The van der Waals surface area contributed by atoms with Crippen LogP contribution in [0.15, 0.2) is 12.2 Å². The summed E-state index contributed by atoms with van der Waals surface area (Å²) in [6.07, 6.45) is 9.05. The van der Waals surface area contributed by atoms with Crippen LogP contribution in [0.1, 0.15) is 40.5 Å². The quantitative estimate of drug-likeness (QED) is 0.498. The van der Waals surface area contributed by atoms with Crippen LogP contribution in [0.3, 0.4) is 0 Å². The van der Waals surface area contributed by atoms with Gasteiger partial charge in [-0.3, -0.25) is 4.90 Å². The van der Waals surface area contributed by atoms with Crippen LogP contribution in [0.25, 0.3) is 0 Å². The smallest absolute Gasteiger partial charge is 0.162 e. The molecule has 0 saturated carbocycles. The van der Waals surface area contributed by atoms with Crippen LogP contribution >= 0.6 is 0 Å². The largest absolute Gasteiger partial charge is 0.298 e. The second-order valence-electron chi connectivity index (χ2n) is 5.46. The Balaban J connectivity index is 3.93. The Morgan fingerprint density at radius 2 is 1.88 bits per heavy atom. The van der Waals surface area contributed by atoms with Gasteiger partial charge in [0.1, 0.15) is 13.6 Å². The Morgan fingerprint density at radius 1 is 1.25 bits per heavy atom. The summed E-state index contributed by atoms with van der Waals surface area (Å²) >= 11 is 0. The van der Waals surface area contributed by atoms with Gasteiger partial charge in [0.2, 0.25) is 0 Å². The summed E-state index contributed by atoms with van der Waals surface area (Å²) in [6, 6.07) is 0. The summed E-state index contributed by atoms with van der Waals surface area (Å²) in [5.74, 6) is 0. The highest BCUT2D eigenvalue weighted by Gasteiger charge is 2.14. The highest BCUT2D eigenvalue weighted by atomic mass is 15.1. The summed E-state index contributed by atoms with van der Waals surface area (Å²) in [6.45, 7) is 11.1. The minimum atomic E-state index is 0.248. The molecule has 0 aliphatic rings. The van der Waals surface area contributed by atoms with Gasteiger partial charge in [-0.2, -0.15) is 0 Å². The Hall–Kier alpha value is -0.630. The molecule has 0 radical (unpaired) electrons. The molecule has 0 saturated heterocycles. The predicted molar refractivity (Wildman–Crippen MR) is 73.5 cm³/mol. The molecule has 0 aromatic carbocycles. The van der Waals surface area contributed by atoms with Crippen molar-refractivity contribution < 1.29 is 4.58 Å². The lowest BCUT2D eigenvalue weighted by Gasteiger charge is -2.30. The molecule has 0 amide bonds. The monoisotopic (exact) mass is 225 g/mol. The molecule has 0 unspecified atom stereocenters. The van der Waals surface area contributed by atoms with Gasteiger partial charge in [0.25, 0.3) is 0 Å². The minimum Gasteiger partial charge on any atom is -0.298 e. The van der Waals surface area contributed by atoms with E-state index in [9.17, 15) is 0 Å². The van der Waals surface area contributed by atoms with Gasteiger partial charge >= 0.3 is 0 Å². The van der Waals surface area contributed by atoms with Crippen molar-refractivity contribution in [3.05, 3.63) is 12.2 Å². The van der Waals surface area contributed by atoms with E-state index in [1.807, 2.05) is 0 Å². The van der Waals surface area contributed by atoms with Gasteiger partial charge in [-0.25, -0.2) is 4.58 Å². The Kier molecular flexibility index (Phi) is 7.31. The topological polar surface area (TPSA) is 6.25 Å². The fraction of sp³-hybridized carbons (Fsp3) is 0.786. The maximum atomic E-state index is 2.34. The molecule has 0 heterocycles. The van der Waals surface area contributed by atoms with E-state index in [2.05, 4.69) is 69.6 Å². The first kappa shape index (κ1) is 15.4. The standard InChI is InChI=1S/C14H29N2/c1-7-8-11-15(5)12-9-10-13-16(6)14(2,3)4/h9-10,12H,7-8,11,13H2,1-6H3/q+1. The van der Waals surface area contributed by atoms with Crippen molar-refractivity contribution in [2.45, 2.75) is 46.1 Å². The zero-order valence-electron chi connectivity index (χ0n) is 12.0. The van der Waals surface area contributed by atoms with E-state index in [-0.39, 0.29) is 5.54 Å². The van der Waals surface area contributed by atoms with Gasteiger partial charge in [0, 0.05) is 18.5 Å². The molecule has 0 rings (SSSR count). The zero-order chi connectivity index (χ0) is 12.6. The maximum Gasteiger partial charge on any atom is 0.162 e. The number of allylic oxidation sites excluding steroid dienone is 1. The summed E-state index contributed by atoms with van der Waals surface area (Å²) < 4.78 is 2.25. The lowest BCUT2D eigenvalue weighted by atomic mass is 10.1. The third-order valence-corrected chi connectivity index (χ3v) is 2.87. The highest BCUT2D eigenvalue weighted by Crippen LogP contribution is 2.09. The minimum absolute atomic E-state index is 0.248. The third kappa shape index (κ3) is 7.63. The van der Waals surface area contributed by atoms with Crippen molar-refractivity contribution in [3.63, 3.8) is 0 Å². The fourth-order valence-electron chi connectivity index (χ4n) is 1.18. The van der Waals surface area contributed by atoms with Crippen LogP contribution in [0.2, 0.25) is 0 Å². The van der Waals surface area contributed by atoms with E-state index < -0.39 is 0 Å². The fourth-order valence-corrected chi connectivity index (χ4v) is 1.18. The normalized spacial score (nSPS) is 14.1. The van der Waals surface area contributed by atoms with Crippen LogP contribution in [-0.2, 0) is 0 Å². The zero-order valence-corrected chi connectivity index (χ0v) is 12.0. The lowest BCUT2D eigenvalue weighted by Crippen LogP contribution is -2.37. The van der Waals surface area contributed by atoms with Gasteiger partial charge in [-0.15, -0.1) is 0 Å². The van der Waals surface area contributed by atoms with Crippen molar-refractivity contribution in [3.8, 4) is 0 Å². The molecule has 0 bridgehead atoms. The number of hydrogen-bond donors (Lipinski definition) is 0. The second kappa shape index (κ2) is 7.61. The molecule has 0 aromatic rings. The molecule has 0 fully saturated rings. The van der Waals surface area contributed by atoms with Crippen LogP contribution in [-0.4, -0.2) is 48.4 Å². The van der Waals surface area contributed by atoms with Crippen LogP contribution in [0.5, 0.6) is 0 Å². The highest BCUT2D eigenvalue weighted by molar-refractivity contribution is 5.65. The molecule has 94 valence electrons. The lowest BCUT2D eigenvalue weighted by molar-refractivity contribution is -0.492. The molecular weight excluding hydrogens is 196 g/mol. The summed E-state index contributed by atoms with van der Waals surface area (Å²) in [7, 11) is 4.29. The summed E-state index contributed by atoms with van der Waals surface area (Å²) in [5.41, 5.74) is 0.248. The van der Waals surface area contributed by atoms with Gasteiger partial charge in [-0.05, 0) is 33.9 Å². The van der Waals surface area contributed by atoms with E-state index in [4.69, 9.17) is 0 Å². The Labute approximate surface area is 102 Å². The maximum absolute atomic E-state index is 2.34. The first-order chi connectivity index (χ1) is 7.38. The number of unbranched alkanes of at least 4 members (excludes halogenated alkanes) is 1. The summed E-state index contributed by atoms with van der Waals surface area (Å²) in [5, 5.41) is 0. The van der Waals surface area contributed by atoms with Gasteiger partial charge in [0.15, 0.2) is 6.21 Å². The van der Waals surface area contributed by atoms with Gasteiger partial charge < -0.3 is 0 Å². The first-order valence-corrected chi connectivity index (χ1v) is 6.29. The van der Waals surface area contributed by atoms with Gasteiger partial charge in [-0.1, -0.05) is 19.4 Å². The Bertz CT molecular complexity index is 234. The molecule has 16 heavy (non-hydrogen) atoms. The second-order valence-corrected chi connectivity index (χ2v) is 5.46. The molecular formula is C14H29N2+. The SMILES string of the molecule is CCCC[N+](C)=CC=CCN(C)C(C)(C)C. The van der Waals surface area contributed by atoms with E-state index in [1.54, 1.807) is 0 Å². The third-order valence-electron chi connectivity index (χ3n) is 2.87. The molecule has 0 aliphatic carbocycles. The Morgan fingerprint density at radius 3 is 2.38 bits per heavy atom. The molecule has 0 aliphatic heterocycles. The van der Waals surface area contributed by atoms with E-state index in [0.29, 0.717) is 0 Å². The van der Waals surface area contributed by atoms with E-state index in [0.717, 1.165) is 13.1 Å². The number of nitrogens with zero attached hydrogens (tertiary/aromatic N) is 2. The van der Waals surface area contributed by atoms with E-state index >= 15 is 0 Å². The molecule has 2 nitrogen and oxygen atoms in total. The number of rotatable bonds is 6. The van der Waals surface area contributed by atoms with Crippen LogP contribution in [0.4, 0.5) is 0 Å². The molecule has 0 N–H and O–H groups in total. The predicted octanol–water partition coefficient (Wildman–Crippen LogP) is 2.79. The van der Waals surface area contributed by atoms with Crippen molar-refractivity contribution in [1.29, 1.82) is 0 Å². The number of likely N-dealkylation sites (N-methyl/N-ethyl adjacent to an activating group) is 1. The summed E-state index contributed by atoms with van der Waals surface area (Å²) in [4.78, 5) is 2.34. The van der Waals surface area contributed by atoms with Crippen molar-refractivity contribution in [2.24, 2.45) is 0 Å². The molecule has 0 spiro atoms. The first-order valence-electron chi connectivity index (χ1n) is 6.29. The van der Waals surface area contributed by atoms with Crippen LogP contribution < -0.4 is 0 Å². The van der Waals surface area contributed by atoms with Crippen LogP contribution in [0, 0.1) is 0 Å². The van der Waals surface area contributed by atoms with Crippen molar-refractivity contribution >= 4 is 6.21 Å². The van der Waals surface area contributed by atoms with E-state index in [1.165, 1.54) is 12.8 Å². The van der Waals surface area contributed by atoms with Crippen molar-refractivity contribution in [2.75, 3.05) is 27.2 Å². The van der Waals surface area contributed by atoms with Crippen molar-refractivity contribution in [1.82, 2.24) is 4.90 Å². The van der Waals surface area contributed by atoms with Gasteiger partial charge in [0.05, 0.1) is 0 Å². The average Bonchev–Trinajstić information content (AvgIpc) is 2.19. The molecule has 2 heteroatoms. The number of hydrogen-bond acceptors (Lipinski definition) is 1. The molecule has 0 aromatic heterocycles. The average molecular weight is 225 g/mol. The molecule has 0 atom stereocenters.